The van der Waals surface area contributed by atoms with Crippen LogP contribution < -0.4 is 31.4 Å². The Labute approximate surface area is 248 Å². The van der Waals surface area contributed by atoms with E-state index in [0.717, 1.165) is 35.2 Å². The second kappa shape index (κ2) is 12.7. The van der Waals surface area contributed by atoms with Crippen molar-refractivity contribution in [3.8, 4) is 0 Å². The number of anilines is 2. The zero-order valence-corrected chi connectivity index (χ0v) is 24.5. The first-order valence-corrected chi connectivity index (χ1v) is 14.4. The number of β-lactam (4-membered cyclic amide) rings is 1. The highest BCUT2D eigenvalue weighted by Crippen LogP contribution is 2.40. The van der Waals surface area contributed by atoms with E-state index < -0.39 is 46.5 Å². The molecule has 18 heteroatoms. The van der Waals surface area contributed by atoms with Crippen LogP contribution in [0.5, 0.6) is 0 Å². The number of hydrogen-bond acceptors (Lipinski definition) is 14. The topological polar surface area (TPSA) is 228 Å². The van der Waals surface area contributed by atoms with Gasteiger partial charge in [0, 0.05) is 53.8 Å². The second-order valence-corrected chi connectivity index (χ2v) is 11.6. The fourth-order valence-corrected chi connectivity index (χ4v) is 5.72. The molecule has 224 valence electrons. The molecule has 0 spiro atoms. The van der Waals surface area contributed by atoms with Crippen LogP contribution in [0.25, 0.3) is 0 Å². The summed E-state index contributed by atoms with van der Waals surface area (Å²) in [5.41, 5.74) is 4.47. The number of oxime groups is 1. The summed E-state index contributed by atoms with van der Waals surface area (Å²) < 4.78 is 5.72. The minimum Gasteiger partial charge on any atom is -0.543 e. The molecule has 42 heavy (non-hydrogen) atoms. The molecule has 0 bridgehead atoms. The van der Waals surface area contributed by atoms with E-state index in [1.807, 2.05) is 19.2 Å². The van der Waals surface area contributed by atoms with Crippen LogP contribution in [-0.2, 0) is 30.6 Å². The highest BCUT2D eigenvalue weighted by molar-refractivity contribution is 8.00. The Kier molecular flexibility index (Phi) is 9.27. The molecule has 2 aromatic heterocycles. The molecule has 2 aliphatic rings. The molecule has 1 fully saturated rings. The Morgan fingerprint density at radius 1 is 1.31 bits per heavy atom. The van der Waals surface area contributed by atoms with Crippen molar-refractivity contribution in [2.75, 3.05) is 36.9 Å². The van der Waals surface area contributed by atoms with Crippen LogP contribution >= 0.6 is 23.3 Å². The van der Waals surface area contributed by atoms with E-state index in [9.17, 15) is 29.4 Å². The Bertz CT molecular complexity index is 1440. The van der Waals surface area contributed by atoms with Crippen molar-refractivity contribution >= 4 is 63.6 Å². The Balaban J connectivity index is 1.49. The lowest BCUT2D eigenvalue weighted by atomic mass is 10.0. The van der Waals surface area contributed by atoms with Gasteiger partial charge in [0.05, 0.1) is 11.7 Å². The molecule has 2 aromatic rings. The zero-order chi connectivity index (χ0) is 30.6. The summed E-state index contributed by atoms with van der Waals surface area (Å²) in [6.07, 6.45) is 3.60. The van der Waals surface area contributed by atoms with Gasteiger partial charge in [0.25, 0.3) is 11.8 Å². The summed E-state index contributed by atoms with van der Waals surface area (Å²) in [6.45, 7) is 4.20. The lowest BCUT2D eigenvalue weighted by Gasteiger charge is -2.50. The molecule has 4 rings (SSSR count). The summed E-state index contributed by atoms with van der Waals surface area (Å²) in [6, 6.07) is 2.61. The third-order valence-corrected chi connectivity index (χ3v) is 8.13. The maximum atomic E-state index is 13.2. The molecule has 1 saturated heterocycles. The van der Waals surface area contributed by atoms with E-state index >= 15 is 0 Å². The lowest BCUT2D eigenvalue weighted by molar-refractivity contribution is -0.689. The van der Waals surface area contributed by atoms with Crippen LogP contribution in [0.1, 0.15) is 19.7 Å². The van der Waals surface area contributed by atoms with Gasteiger partial charge < -0.3 is 41.5 Å². The number of carboxylic acid groups (broad SMARTS) is 2. The molecule has 2 amide bonds. The van der Waals surface area contributed by atoms with Crippen molar-refractivity contribution in [1.82, 2.24) is 24.9 Å². The van der Waals surface area contributed by atoms with Crippen molar-refractivity contribution in [1.29, 1.82) is 0 Å². The zero-order valence-electron chi connectivity index (χ0n) is 22.8. The minimum atomic E-state index is -1.79. The monoisotopic (exact) mass is 619 g/mol. The molecule has 2 aliphatic heterocycles. The third-order valence-electron chi connectivity index (χ3n) is 6.24. The number of aliphatic carboxylic acids is 2. The molecule has 2 atom stereocenters. The highest BCUT2D eigenvalue weighted by Gasteiger charge is 2.53. The van der Waals surface area contributed by atoms with Crippen molar-refractivity contribution in [2.24, 2.45) is 5.16 Å². The van der Waals surface area contributed by atoms with Crippen molar-refractivity contribution < 1.29 is 38.8 Å². The molecular weight excluding hydrogens is 590 g/mol. The number of rotatable bonds is 13. The molecule has 4 heterocycles. The van der Waals surface area contributed by atoms with E-state index in [4.69, 9.17) is 10.6 Å². The number of carbonyl (C=O) groups is 4. The van der Waals surface area contributed by atoms with Gasteiger partial charge in [-0.15, -0.1) is 11.8 Å². The standard InChI is InChI=1S/C24H29N9O7S2/c1-24(2,22(38)39)40-30-14(17-29-23(25)42-31-17)18(34)28-15-19(35)33-16(21(36)37)12(11-41-20(15)33)10-32-8-4-13(5-9-32)27-7-6-26-3/h4-5,8-9,15,20,26H,6-7,10-11H2,1-3H3,(H5,25,28,29,31,34,36,37,38,39)/b30-14-/t15-,20?/m1/s1. The normalized spacial score (nSPS) is 18.7. The maximum absolute atomic E-state index is 13.2. The van der Waals surface area contributed by atoms with Gasteiger partial charge in [0.1, 0.15) is 11.4 Å². The molecule has 6 N–H and O–H groups in total. The van der Waals surface area contributed by atoms with Gasteiger partial charge in [-0.1, -0.05) is 5.16 Å². The van der Waals surface area contributed by atoms with E-state index in [0.29, 0.717) is 5.57 Å². The van der Waals surface area contributed by atoms with Gasteiger partial charge in [-0.2, -0.15) is 9.36 Å². The number of thioether (sulfide) groups is 1. The minimum absolute atomic E-state index is 0.0190. The maximum Gasteiger partial charge on any atom is 0.350 e. The average molecular weight is 620 g/mol. The average Bonchev–Trinajstić information content (AvgIpc) is 3.37. The summed E-state index contributed by atoms with van der Waals surface area (Å²) in [5, 5.41) is 33.2. The Hall–Kier alpha value is -4.29. The molecule has 0 aliphatic carbocycles. The van der Waals surface area contributed by atoms with Crippen LogP contribution in [0.3, 0.4) is 0 Å². The predicted octanol–water partition coefficient (Wildman–Crippen LogP) is -2.27. The first-order valence-electron chi connectivity index (χ1n) is 12.6. The van der Waals surface area contributed by atoms with Gasteiger partial charge in [-0.25, -0.2) is 9.36 Å². The van der Waals surface area contributed by atoms with E-state index in [1.165, 1.54) is 25.6 Å². The van der Waals surface area contributed by atoms with Gasteiger partial charge in [0.2, 0.25) is 17.1 Å². The van der Waals surface area contributed by atoms with E-state index in [-0.39, 0.29) is 29.0 Å². The molecular formula is C24H29N9O7S2. The second-order valence-electron chi connectivity index (χ2n) is 9.69. The largest absolute Gasteiger partial charge is 0.543 e. The quantitative estimate of drug-likeness (QED) is 0.0524. The smallest absolute Gasteiger partial charge is 0.350 e. The number of nitrogens with one attached hydrogen (secondary N) is 3. The number of aromatic nitrogens is 3. The van der Waals surface area contributed by atoms with Crippen molar-refractivity contribution in [3.63, 3.8) is 0 Å². The number of hydrogen-bond donors (Lipinski definition) is 5. The highest BCUT2D eigenvalue weighted by atomic mass is 32.2. The number of nitrogens with two attached hydrogens (primary N) is 1. The fraction of sp³-hybridized carbons (Fsp3) is 0.417. The number of nitrogen functional groups attached to an aromatic ring is 1. The number of nitrogens with zero attached hydrogens (tertiary/aromatic N) is 5. The van der Waals surface area contributed by atoms with Gasteiger partial charge in [0.15, 0.2) is 24.1 Å². The number of amides is 2. The first-order chi connectivity index (χ1) is 19.9. The lowest BCUT2D eigenvalue weighted by Crippen LogP contribution is -2.71. The van der Waals surface area contributed by atoms with Crippen LogP contribution in [0.15, 0.2) is 41.0 Å². The number of carboxylic acids is 2. The Morgan fingerprint density at radius 2 is 2.02 bits per heavy atom. The van der Waals surface area contributed by atoms with Crippen molar-refractivity contribution in [2.45, 2.75) is 37.4 Å². The molecule has 0 saturated carbocycles. The summed E-state index contributed by atoms with van der Waals surface area (Å²) in [5.74, 6) is -4.41. The molecule has 1 unspecified atom stereocenters. The van der Waals surface area contributed by atoms with E-state index in [2.05, 4.69) is 30.5 Å². The van der Waals surface area contributed by atoms with Crippen molar-refractivity contribution in [3.05, 3.63) is 41.6 Å². The third kappa shape index (κ3) is 6.60. The summed E-state index contributed by atoms with van der Waals surface area (Å²) >= 11 is 2.05. The van der Waals surface area contributed by atoms with Gasteiger partial charge >= 0.3 is 5.97 Å². The van der Waals surface area contributed by atoms with Crippen LogP contribution in [0.2, 0.25) is 0 Å². The van der Waals surface area contributed by atoms with Crippen LogP contribution in [0.4, 0.5) is 10.8 Å². The van der Waals surface area contributed by atoms with Gasteiger partial charge in [-0.3, -0.25) is 14.5 Å². The van der Waals surface area contributed by atoms with Crippen LogP contribution in [0, 0.1) is 0 Å². The molecule has 16 nitrogen and oxygen atoms in total. The fourth-order valence-electron chi connectivity index (χ4n) is 3.95. The first kappa shape index (κ1) is 30.7. The number of carbonyl (C=O) groups excluding carboxylic acids is 3. The van der Waals surface area contributed by atoms with Crippen LogP contribution in [-0.4, -0.2) is 91.7 Å². The predicted molar refractivity (Wildman–Crippen MR) is 150 cm³/mol. The molecule has 0 radical (unpaired) electrons. The summed E-state index contributed by atoms with van der Waals surface area (Å²) in [4.78, 5) is 59.9. The number of likely N-dealkylation sites (N-methyl/N-ethyl adjacent to an activating group) is 1. The molecule has 0 aromatic carbocycles. The Morgan fingerprint density at radius 3 is 2.62 bits per heavy atom. The SMILES string of the molecule is CNCCNc1cc[n+](CC2=C(C(=O)[O-])N3C(=O)[C@@H](NC(=O)/C(=N\OC(C)(C)C(=O)O)c4nsc(N)n4)C3SC2)cc1. The number of pyridine rings is 1. The van der Waals surface area contributed by atoms with Gasteiger partial charge in [-0.05, 0) is 20.9 Å². The summed E-state index contributed by atoms with van der Waals surface area (Å²) in [7, 11) is 1.86. The van der Waals surface area contributed by atoms with E-state index in [1.54, 1.807) is 17.0 Å². The number of fused-ring (bicyclic) bond motifs is 1.